The summed E-state index contributed by atoms with van der Waals surface area (Å²) in [5, 5.41) is 12.9. The lowest BCUT2D eigenvalue weighted by atomic mass is 10.1. The molecule has 2 heterocycles. The molecule has 1 unspecified atom stereocenters. The van der Waals surface area contributed by atoms with Gasteiger partial charge < -0.3 is 9.30 Å². The molecule has 0 N–H and O–H groups in total. The molecule has 2 aromatic heterocycles. The maximum absolute atomic E-state index is 6.17. The molecule has 160 valence electrons. The van der Waals surface area contributed by atoms with Crippen LogP contribution in [0.4, 0.5) is 0 Å². The Kier molecular flexibility index (Phi) is 6.73. The van der Waals surface area contributed by atoms with Gasteiger partial charge in [-0.15, -0.1) is 21.5 Å². The molecule has 5 nitrogen and oxygen atoms in total. The number of aryl methyl sites for hydroxylation is 2. The number of benzene rings is 2. The molecule has 0 saturated heterocycles. The van der Waals surface area contributed by atoms with E-state index in [1.165, 1.54) is 11.1 Å². The average molecular weight is 451 g/mol. The molecular weight excluding hydrogens is 424 g/mol. The second-order valence-corrected chi connectivity index (χ2v) is 9.21. The minimum atomic E-state index is -0.185. The van der Waals surface area contributed by atoms with Crippen molar-refractivity contribution in [3.05, 3.63) is 76.6 Å². The largest absolute Gasteiger partial charge is 0.482 e. The van der Waals surface area contributed by atoms with Crippen molar-refractivity contribution in [2.75, 3.05) is 0 Å². The third-order valence-corrected chi connectivity index (χ3v) is 6.93. The van der Waals surface area contributed by atoms with Crippen LogP contribution in [0.3, 0.4) is 0 Å². The molecule has 0 aliphatic rings. The Balaban J connectivity index is 1.45. The molecule has 1 atom stereocenters. The Morgan fingerprint density at radius 1 is 1.10 bits per heavy atom. The quantitative estimate of drug-likeness (QED) is 0.288. The van der Waals surface area contributed by atoms with E-state index in [1.807, 2.05) is 38.1 Å². The van der Waals surface area contributed by atoms with Crippen LogP contribution in [0.1, 0.15) is 42.6 Å². The number of rotatable bonds is 8. The van der Waals surface area contributed by atoms with Gasteiger partial charge >= 0.3 is 0 Å². The minimum Gasteiger partial charge on any atom is -0.482 e. The first kappa shape index (κ1) is 21.6. The molecule has 0 amide bonds. The molecule has 4 aromatic rings. The van der Waals surface area contributed by atoms with E-state index in [9.17, 15) is 0 Å². The van der Waals surface area contributed by atoms with Gasteiger partial charge in [-0.2, -0.15) is 0 Å². The van der Waals surface area contributed by atoms with Crippen LogP contribution in [0, 0.1) is 13.8 Å². The van der Waals surface area contributed by atoms with E-state index in [0.29, 0.717) is 0 Å². The van der Waals surface area contributed by atoms with Crippen LogP contribution in [0.15, 0.2) is 59.1 Å². The van der Waals surface area contributed by atoms with Crippen LogP contribution < -0.4 is 4.74 Å². The molecule has 0 saturated carbocycles. The highest BCUT2D eigenvalue weighted by Gasteiger charge is 2.19. The van der Waals surface area contributed by atoms with E-state index < -0.39 is 0 Å². The van der Waals surface area contributed by atoms with Crippen molar-refractivity contribution < 1.29 is 4.74 Å². The molecule has 0 fully saturated rings. The molecule has 0 aliphatic heterocycles. The zero-order valence-electron chi connectivity index (χ0n) is 18.2. The minimum absolute atomic E-state index is 0.185. The van der Waals surface area contributed by atoms with Gasteiger partial charge in [0.2, 0.25) is 0 Å². The number of aromatic nitrogens is 4. The third-order valence-electron chi connectivity index (χ3n) is 4.99. The first-order valence-corrected chi connectivity index (χ1v) is 12.2. The number of thiazole rings is 1. The predicted octanol–water partition coefficient (Wildman–Crippen LogP) is 6.47. The van der Waals surface area contributed by atoms with Crippen LogP contribution in [0.5, 0.6) is 5.75 Å². The molecular formula is C24H26N4OS2. The van der Waals surface area contributed by atoms with Gasteiger partial charge in [0, 0.05) is 23.2 Å². The third kappa shape index (κ3) is 4.99. The smallest absolute Gasteiger partial charge is 0.191 e. The molecule has 0 radical (unpaired) electrons. The standard InChI is InChI=1S/C24H26N4OS2/c1-5-28-22(18(4)29-21-12-7-6-10-17(21)3)26-27-24(28)31-15-20-14-30-23(25-20)19-11-8-9-16(2)13-19/h6-14,18H,5,15H2,1-4H3. The molecule has 0 spiro atoms. The SMILES string of the molecule is CCn1c(SCc2csc(-c3cccc(C)c3)n2)nnc1C(C)Oc1ccccc1C. The number of nitrogens with zero attached hydrogens (tertiary/aromatic N) is 4. The lowest BCUT2D eigenvalue weighted by Crippen LogP contribution is -2.12. The molecule has 0 aliphatic carbocycles. The fourth-order valence-electron chi connectivity index (χ4n) is 3.36. The maximum atomic E-state index is 6.17. The van der Waals surface area contributed by atoms with Crippen molar-refractivity contribution in [2.24, 2.45) is 0 Å². The Labute approximate surface area is 191 Å². The molecule has 0 bridgehead atoms. The van der Waals surface area contributed by atoms with E-state index in [4.69, 9.17) is 9.72 Å². The number of thioether (sulfide) groups is 1. The highest BCUT2D eigenvalue weighted by atomic mass is 32.2. The summed E-state index contributed by atoms with van der Waals surface area (Å²) >= 11 is 3.34. The second kappa shape index (κ2) is 9.66. The summed E-state index contributed by atoms with van der Waals surface area (Å²) in [7, 11) is 0. The molecule has 7 heteroatoms. The topological polar surface area (TPSA) is 52.8 Å². The van der Waals surface area contributed by atoms with Gasteiger partial charge in [0.1, 0.15) is 10.8 Å². The van der Waals surface area contributed by atoms with Crippen LogP contribution in [-0.4, -0.2) is 19.7 Å². The van der Waals surface area contributed by atoms with Gasteiger partial charge in [0.25, 0.3) is 0 Å². The Hall–Kier alpha value is -2.64. The number of para-hydroxylation sites is 1. The monoisotopic (exact) mass is 450 g/mol. The van der Waals surface area contributed by atoms with Crippen LogP contribution in [0.25, 0.3) is 10.6 Å². The zero-order chi connectivity index (χ0) is 21.8. The maximum Gasteiger partial charge on any atom is 0.191 e. The van der Waals surface area contributed by atoms with E-state index in [0.717, 1.165) is 45.3 Å². The number of ether oxygens (including phenoxy) is 1. The Morgan fingerprint density at radius 2 is 1.94 bits per heavy atom. The summed E-state index contributed by atoms with van der Waals surface area (Å²) in [6, 6.07) is 16.5. The summed E-state index contributed by atoms with van der Waals surface area (Å²) in [5.41, 5.74) is 4.58. The molecule has 2 aromatic carbocycles. The van der Waals surface area contributed by atoms with Crippen LogP contribution >= 0.6 is 23.1 Å². The van der Waals surface area contributed by atoms with Gasteiger partial charge in [0.15, 0.2) is 17.1 Å². The van der Waals surface area contributed by atoms with Gasteiger partial charge in [-0.25, -0.2) is 4.98 Å². The van der Waals surface area contributed by atoms with Gasteiger partial charge in [0.05, 0.1) is 5.69 Å². The van der Waals surface area contributed by atoms with Crippen molar-refractivity contribution in [2.45, 2.75) is 51.3 Å². The van der Waals surface area contributed by atoms with Gasteiger partial charge in [-0.3, -0.25) is 0 Å². The Morgan fingerprint density at radius 3 is 2.71 bits per heavy atom. The van der Waals surface area contributed by atoms with Crippen molar-refractivity contribution >= 4 is 23.1 Å². The van der Waals surface area contributed by atoms with Crippen molar-refractivity contribution in [1.82, 2.24) is 19.7 Å². The normalized spacial score (nSPS) is 12.1. The first-order chi connectivity index (χ1) is 15.0. The summed E-state index contributed by atoms with van der Waals surface area (Å²) in [5.74, 6) is 2.47. The summed E-state index contributed by atoms with van der Waals surface area (Å²) in [6.45, 7) is 9.07. The average Bonchev–Trinajstić information content (AvgIpc) is 3.40. The number of hydrogen-bond acceptors (Lipinski definition) is 6. The van der Waals surface area contributed by atoms with Crippen LogP contribution in [-0.2, 0) is 12.3 Å². The van der Waals surface area contributed by atoms with Crippen molar-refractivity contribution in [3.63, 3.8) is 0 Å². The fourth-order valence-corrected chi connectivity index (χ4v) is 5.18. The molecule has 31 heavy (non-hydrogen) atoms. The van der Waals surface area contributed by atoms with E-state index in [2.05, 4.69) is 58.3 Å². The lowest BCUT2D eigenvalue weighted by Gasteiger charge is -2.16. The van der Waals surface area contributed by atoms with Gasteiger partial charge in [-0.1, -0.05) is 53.7 Å². The summed E-state index contributed by atoms with van der Waals surface area (Å²) in [4.78, 5) is 4.82. The highest BCUT2D eigenvalue weighted by Crippen LogP contribution is 2.30. The van der Waals surface area contributed by atoms with E-state index in [-0.39, 0.29) is 6.10 Å². The van der Waals surface area contributed by atoms with Gasteiger partial charge in [-0.05, 0) is 45.4 Å². The summed E-state index contributed by atoms with van der Waals surface area (Å²) < 4.78 is 8.29. The summed E-state index contributed by atoms with van der Waals surface area (Å²) in [6.07, 6.45) is -0.185. The van der Waals surface area contributed by atoms with Crippen molar-refractivity contribution in [3.8, 4) is 16.3 Å². The number of hydrogen-bond donors (Lipinski definition) is 0. The van der Waals surface area contributed by atoms with Crippen LogP contribution in [0.2, 0.25) is 0 Å². The van der Waals surface area contributed by atoms with E-state index >= 15 is 0 Å². The molecule has 4 rings (SSSR count). The second-order valence-electron chi connectivity index (χ2n) is 7.41. The zero-order valence-corrected chi connectivity index (χ0v) is 19.8. The Bertz CT molecular complexity index is 1170. The predicted molar refractivity (Wildman–Crippen MR) is 128 cm³/mol. The lowest BCUT2D eigenvalue weighted by molar-refractivity contribution is 0.208. The highest BCUT2D eigenvalue weighted by molar-refractivity contribution is 7.98. The van der Waals surface area contributed by atoms with Crippen molar-refractivity contribution in [1.29, 1.82) is 0 Å². The first-order valence-electron chi connectivity index (χ1n) is 10.3. The fraction of sp³-hybridized carbons (Fsp3) is 0.292. The van der Waals surface area contributed by atoms with E-state index in [1.54, 1.807) is 23.1 Å².